The van der Waals surface area contributed by atoms with E-state index in [-0.39, 0.29) is 24.0 Å². The molecule has 2 fully saturated rings. The van der Waals surface area contributed by atoms with Crippen molar-refractivity contribution < 1.29 is 28.5 Å². The summed E-state index contributed by atoms with van der Waals surface area (Å²) in [5.74, 6) is 1.02. The van der Waals surface area contributed by atoms with Gasteiger partial charge in [-0.05, 0) is 18.4 Å². The summed E-state index contributed by atoms with van der Waals surface area (Å²) in [6.45, 7) is 4.46. The number of fused-ring (bicyclic) bond motifs is 1. The van der Waals surface area contributed by atoms with Gasteiger partial charge in [0.25, 0.3) is 0 Å². The van der Waals surface area contributed by atoms with Gasteiger partial charge in [-0.15, -0.1) is 0 Å². The number of carbonyl (C=O) groups is 2. The molecule has 194 valence electrons. The van der Waals surface area contributed by atoms with Crippen molar-refractivity contribution in [2.24, 2.45) is 5.11 Å². The number of hydrogen-bond donors (Lipinski definition) is 2. The predicted molar refractivity (Wildman–Crippen MR) is 129 cm³/mol. The number of azide groups is 1. The van der Waals surface area contributed by atoms with E-state index in [9.17, 15) is 9.59 Å². The van der Waals surface area contributed by atoms with Crippen molar-refractivity contribution in [2.45, 2.75) is 43.0 Å². The molecular weight excluding hydrogens is 464 g/mol. The van der Waals surface area contributed by atoms with Gasteiger partial charge in [-0.2, -0.15) is 11.8 Å². The fourth-order valence-corrected chi connectivity index (χ4v) is 5.51. The molecule has 3 atom stereocenters. The zero-order chi connectivity index (χ0) is 24.4. The van der Waals surface area contributed by atoms with Crippen LogP contribution in [-0.4, -0.2) is 113 Å². The van der Waals surface area contributed by atoms with E-state index in [1.807, 2.05) is 23.7 Å². The highest BCUT2D eigenvalue weighted by Gasteiger charge is 2.46. The Hall–Kier alpha value is -1.76. The van der Waals surface area contributed by atoms with Gasteiger partial charge in [-0.1, -0.05) is 11.5 Å². The summed E-state index contributed by atoms with van der Waals surface area (Å²) in [6.07, 6.45) is 3.38. The minimum absolute atomic E-state index is 0.0286. The molecule has 0 aromatic carbocycles. The van der Waals surface area contributed by atoms with Crippen LogP contribution in [-0.2, 0) is 23.7 Å². The largest absolute Gasteiger partial charge is 0.379 e. The number of carbonyl (C=O) groups excluding carboxylic acids is 2. The normalized spacial score (nSPS) is 21.3. The lowest BCUT2D eigenvalue weighted by Crippen LogP contribution is -2.38. The number of urea groups is 1. The summed E-state index contributed by atoms with van der Waals surface area (Å²) >= 11 is 1.92. The zero-order valence-electron chi connectivity index (χ0n) is 20.0. The van der Waals surface area contributed by atoms with Crippen LogP contribution in [0.25, 0.3) is 10.4 Å². The van der Waals surface area contributed by atoms with Crippen molar-refractivity contribution >= 4 is 23.7 Å². The lowest BCUT2D eigenvalue weighted by Gasteiger charge is -2.23. The minimum atomic E-state index is 0.0286. The summed E-state index contributed by atoms with van der Waals surface area (Å²) in [5, 5.41) is 9.73. The molecule has 0 bridgehead atoms. The Balaban J connectivity index is 1.30. The third-order valence-corrected chi connectivity index (χ3v) is 7.08. The summed E-state index contributed by atoms with van der Waals surface area (Å²) in [4.78, 5) is 28.2. The maximum Gasteiger partial charge on any atom is 0.317 e. The van der Waals surface area contributed by atoms with E-state index >= 15 is 0 Å². The zero-order valence-corrected chi connectivity index (χ0v) is 20.8. The lowest BCUT2D eigenvalue weighted by molar-refractivity contribution is -0.121. The van der Waals surface area contributed by atoms with Crippen molar-refractivity contribution in [2.75, 3.05) is 78.7 Å². The Morgan fingerprint density at radius 2 is 1.76 bits per heavy atom. The van der Waals surface area contributed by atoms with E-state index < -0.39 is 0 Å². The number of nitrogens with zero attached hydrogens (tertiary/aromatic N) is 4. The maximum atomic E-state index is 12.0. The Labute approximate surface area is 205 Å². The van der Waals surface area contributed by atoms with Crippen molar-refractivity contribution in [3.8, 4) is 0 Å². The first kappa shape index (κ1) is 28.5. The first-order valence-electron chi connectivity index (χ1n) is 11.9. The van der Waals surface area contributed by atoms with E-state index in [0.717, 1.165) is 25.0 Å². The van der Waals surface area contributed by atoms with E-state index in [1.54, 1.807) is 0 Å². The number of rotatable bonds is 20. The summed E-state index contributed by atoms with van der Waals surface area (Å²) in [5.41, 5.74) is 8.12. The van der Waals surface area contributed by atoms with Gasteiger partial charge < -0.3 is 34.5 Å². The van der Waals surface area contributed by atoms with E-state index in [0.29, 0.717) is 77.6 Å². The van der Waals surface area contributed by atoms with Gasteiger partial charge in [-0.3, -0.25) is 4.79 Å². The average Bonchev–Trinajstić information content (AvgIpc) is 3.35. The SMILES string of the molecule is CN1C(=O)N[C@H]2CS[C@@H](CCCCC(=O)NCCOCCOCCOCCOCCN=[N+]=[N-])C21. The molecule has 0 aromatic rings. The van der Waals surface area contributed by atoms with Crippen LogP contribution in [0.15, 0.2) is 5.11 Å². The Morgan fingerprint density at radius 1 is 1.12 bits per heavy atom. The van der Waals surface area contributed by atoms with Crippen LogP contribution in [0.5, 0.6) is 0 Å². The Kier molecular flexibility index (Phi) is 14.8. The molecule has 0 aromatic heterocycles. The third-order valence-electron chi connectivity index (χ3n) is 5.59. The summed E-state index contributed by atoms with van der Waals surface area (Å²) in [7, 11) is 1.87. The topological polar surface area (TPSA) is 147 Å². The molecule has 13 heteroatoms. The van der Waals surface area contributed by atoms with E-state index in [2.05, 4.69) is 20.7 Å². The highest BCUT2D eigenvalue weighted by atomic mass is 32.2. The monoisotopic (exact) mass is 502 g/mol. The van der Waals surface area contributed by atoms with Gasteiger partial charge in [-0.25, -0.2) is 4.79 Å². The molecule has 0 spiro atoms. The number of unbranched alkanes of at least 4 members (excludes halogenated alkanes) is 1. The van der Waals surface area contributed by atoms with Gasteiger partial charge in [0, 0.05) is 42.5 Å². The number of hydrogen-bond acceptors (Lipinski definition) is 8. The van der Waals surface area contributed by atoms with Crippen LogP contribution in [0.3, 0.4) is 0 Å². The second kappa shape index (κ2) is 17.6. The minimum Gasteiger partial charge on any atom is -0.379 e. The number of likely N-dealkylation sites (N-methyl/N-ethyl adjacent to an activating group) is 1. The number of nitrogens with one attached hydrogen (secondary N) is 2. The molecule has 2 saturated heterocycles. The average molecular weight is 503 g/mol. The van der Waals surface area contributed by atoms with E-state index in [1.165, 1.54) is 0 Å². The number of ether oxygens (including phenoxy) is 4. The quantitative estimate of drug-likeness (QED) is 0.0844. The first-order valence-corrected chi connectivity index (χ1v) is 12.9. The van der Waals surface area contributed by atoms with Crippen LogP contribution in [0, 0.1) is 0 Å². The molecule has 34 heavy (non-hydrogen) atoms. The van der Waals surface area contributed by atoms with Crippen molar-refractivity contribution in [3.05, 3.63) is 10.4 Å². The highest BCUT2D eigenvalue weighted by Crippen LogP contribution is 2.36. The number of thioether (sulfide) groups is 1. The molecule has 3 amide bonds. The molecule has 0 saturated carbocycles. The molecule has 2 rings (SSSR count). The third kappa shape index (κ3) is 11.1. The van der Waals surface area contributed by atoms with Crippen molar-refractivity contribution in [1.29, 1.82) is 0 Å². The van der Waals surface area contributed by atoms with Crippen LogP contribution in [0.1, 0.15) is 25.7 Å². The van der Waals surface area contributed by atoms with Gasteiger partial charge in [0.15, 0.2) is 0 Å². The van der Waals surface area contributed by atoms with Crippen molar-refractivity contribution in [1.82, 2.24) is 15.5 Å². The molecule has 2 aliphatic rings. The van der Waals surface area contributed by atoms with Gasteiger partial charge in [0.2, 0.25) is 5.91 Å². The Bertz CT molecular complexity index is 653. The lowest BCUT2D eigenvalue weighted by atomic mass is 10.0. The first-order chi connectivity index (χ1) is 16.6. The fraction of sp³-hybridized carbons (Fsp3) is 0.905. The van der Waals surface area contributed by atoms with Crippen LogP contribution in [0.2, 0.25) is 0 Å². The highest BCUT2D eigenvalue weighted by molar-refractivity contribution is 8.00. The fourth-order valence-electron chi connectivity index (χ4n) is 3.87. The molecule has 2 heterocycles. The molecule has 1 unspecified atom stereocenters. The van der Waals surface area contributed by atoms with Crippen LogP contribution in [0.4, 0.5) is 4.79 Å². The summed E-state index contributed by atoms with van der Waals surface area (Å²) in [6, 6.07) is 0.575. The summed E-state index contributed by atoms with van der Waals surface area (Å²) < 4.78 is 21.4. The van der Waals surface area contributed by atoms with Crippen LogP contribution < -0.4 is 10.6 Å². The second-order valence-electron chi connectivity index (χ2n) is 8.03. The van der Waals surface area contributed by atoms with Crippen LogP contribution >= 0.6 is 11.8 Å². The molecule has 0 aliphatic carbocycles. The molecule has 12 nitrogen and oxygen atoms in total. The Morgan fingerprint density at radius 3 is 2.44 bits per heavy atom. The van der Waals surface area contributed by atoms with Gasteiger partial charge in [0.1, 0.15) is 0 Å². The second-order valence-corrected chi connectivity index (χ2v) is 9.30. The standard InChI is InChI=1S/C21H38N6O6S/c1-27-20-17(25-21(27)29)16-34-18(20)4-2-3-5-19(28)23-6-8-30-10-12-32-14-15-33-13-11-31-9-7-24-26-22/h17-18,20H,2-16H2,1H3,(H,23,28)(H,25,29)/t17-,18-,20?/m0/s1. The predicted octanol–water partition coefficient (Wildman–Crippen LogP) is 1.55. The smallest absolute Gasteiger partial charge is 0.317 e. The molecule has 0 radical (unpaired) electrons. The molecule has 2 N–H and O–H groups in total. The van der Waals surface area contributed by atoms with Gasteiger partial charge >= 0.3 is 6.03 Å². The van der Waals surface area contributed by atoms with Gasteiger partial charge in [0.05, 0.1) is 64.9 Å². The molecule has 2 aliphatic heterocycles. The van der Waals surface area contributed by atoms with Crippen molar-refractivity contribution in [3.63, 3.8) is 0 Å². The van der Waals surface area contributed by atoms with E-state index in [4.69, 9.17) is 24.5 Å². The molecular formula is C21H38N6O6S. The maximum absolute atomic E-state index is 12.0. The number of amides is 3.